The first kappa shape index (κ1) is 14.5. The van der Waals surface area contributed by atoms with Gasteiger partial charge in [0, 0.05) is 32.7 Å². The lowest BCUT2D eigenvalue weighted by atomic mass is 9.97. The lowest BCUT2D eigenvalue weighted by Crippen LogP contribution is -2.29. The first-order valence-electron chi connectivity index (χ1n) is 7.17. The van der Waals surface area contributed by atoms with Crippen LogP contribution in [0.4, 0.5) is 0 Å². The van der Waals surface area contributed by atoms with Crippen LogP contribution in [0.3, 0.4) is 0 Å². The minimum atomic E-state index is 1.05. The second-order valence-corrected chi connectivity index (χ2v) is 6.13. The molecule has 0 N–H and O–H groups in total. The van der Waals surface area contributed by atoms with Crippen LogP contribution < -0.4 is 0 Å². The van der Waals surface area contributed by atoms with E-state index >= 15 is 0 Å². The van der Waals surface area contributed by atoms with Gasteiger partial charge in [-0.3, -0.25) is 0 Å². The third-order valence-corrected chi connectivity index (χ3v) is 3.86. The summed E-state index contributed by atoms with van der Waals surface area (Å²) in [7, 11) is 8.67. The average Bonchev–Trinajstić information content (AvgIpc) is 2.36. The first-order valence-corrected chi connectivity index (χ1v) is 7.17. The molecule has 0 amide bonds. The van der Waals surface area contributed by atoms with E-state index in [1.54, 1.807) is 0 Å². The van der Waals surface area contributed by atoms with E-state index in [4.69, 9.17) is 0 Å². The van der Waals surface area contributed by atoms with Crippen LogP contribution in [0.25, 0.3) is 0 Å². The highest BCUT2D eigenvalue weighted by molar-refractivity contribution is 5.33. The van der Waals surface area contributed by atoms with E-state index in [-0.39, 0.29) is 0 Å². The van der Waals surface area contributed by atoms with Crippen molar-refractivity contribution in [2.75, 3.05) is 47.8 Å². The van der Waals surface area contributed by atoms with Gasteiger partial charge in [0.2, 0.25) is 0 Å². The van der Waals surface area contributed by atoms with E-state index in [0.717, 1.165) is 26.2 Å². The van der Waals surface area contributed by atoms with Gasteiger partial charge in [-0.1, -0.05) is 18.2 Å². The number of likely N-dealkylation sites (N-methyl/N-ethyl adjacent to an activating group) is 3. The van der Waals surface area contributed by atoms with E-state index in [1.165, 1.54) is 29.7 Å². The molecule has 3 nitrogen and oxygen atoms in total. The molecule has 3 heteroatoms. The SMILES string of the molecule is CN(C)CCN(C)Cc1ccc2c(c1)CN(C)CC2. The van der Waals surface area contributed by atoms with Crippen molar-refractivity contribution >= 4 is 0 Å². The van der Waals surface area contributed by atoms with Gasteiger partial charge in [-0.05, 0) is 51.3 Å². The Morgan fingerprint density at radius 1 is 1.11 bits per heavy atom. The lowest BCUT2D eigenvalue weighted by molar-refractivity contribution is 0.275. The predicted octanol–water partition coefficient (Wildman–Crippen LogP) is 1.67. The molecule has 0 fully saturated rings. The van der Waals surface area contributed by atoms with Crippen molar-refractivity contribution in [3.63, 3.8) is 0 Å². The maximum Gasteiger partial charge on any atom is 0.0233 e. The van der Waals surface area contributed by atoms with Gasteiger partial charge in [0.15, 0.2) is 0 Å². The average molecular weight is 261 g/mol. The summed E-state index contributed by atoms with van der Waals surface area (Å²) < 4.78 is 0. The van der Waals surface area contributed by atoms with Gasteiger partial charge in [-0.15, -0.1) is 0 Å². The second kappa shape index (κ2) is 6.51. The number of benzene rings is 1. The summed E-state index contributed by atoms with van der Waals surface area (Å²) >= 11 is 0. The van der Waals surface area contributed by atoms with Crippen LogP contribution in [0.1, 0.15) is 16.7 Å². The van der Waals surface area contributed by atoms with Crippen LogP contribution in [0, 0.1) is 0 Å². The van der Waals surface area contributed by atoms with Crippen molar-refractivity contribution in [2.45, 2.75) is 19.5 Å². The standard InChI is InChI=1S/C16H27N3/c1-17(2)9-10-19(4)12-14-5-6-15-7-8-18(3)13-16(15)11-14/h5-6,11H,7-10,12-13H2,1-4H3. The fourth-order valence-electron chi connectivity index (χ4n) is 2.61. The maximum absolute atomic E-state index is 2.40. The summed E-state index contributed by atoms with van der Waals surface area (Å²) in [5.74, 6) is 0. The molecule has 19 heavy (non-hydrogen) atoms. The zero-order valence-electron chi connectivity index (χ0n) is 12.8. The van der Waals surface area contributed by atoms with Crippen molar-refractivity contribution in [1.82, 2.24) is 14.7 Å². The summed E-state index contributed by atoms with van der Waals surface area (Å²) in [5.41, 5.74) is 4.50. The van der Waals surface area contributed by atoms with E-state index in [1.807, 2.05) is 0 Å². The van der Waals surface area contributed by atoms with Crippen molar-refractivity contribution in [3.05, 3.63) is 34.9 Å². The van der Waals surface area contributed by atoms with Crippen LogP contribution in [0.15, 0.2) is 18.2 Å². The minimum absolute atomic E-state index is 1.05. The molecule has 0 unspecified atom stereocenters. The molecule has 0 aliphatic carbocycles. The molecule has 106 valence electrons. The fraction of sp³-hybridized carbons (Fsp3) is 0.625. The Balaban J connectivity index is 1.96. The Morgan fingerprint density at radius 2 is 1.89 bits per heavy atom. The van der Waals surface area contributed by atoms with Crippen LogP contribution >= 0.6 is 0 Å². The summed E-state index contributed by atoms with van der Waals surface area (Å²) in [5, 5.41) is 0. The first-order chi connectivity index (χ1) is 9.04. The summed E-state index contributed by atoms with van der Waals surface area (Å²) in [4.78, 5) is 7.04. The number of hydrogen-bond acceptors (Lipinski definition) is 3. The number of fused-ring (bicyclic) bond motifs is 1. The lowest BCUT2D eigenvalue weighted by Gasteiger charge is -2.26. The van der Waals surface area contributed by atoms with Crippen LogP contribution in [0.5, 0.6) is 0 Å². The molecule has 0 bridgehead atoms. The molecule has 0 aromatic heterocycles. The zero-order chi connectivity index (χ0) is 13.8. The zero-order valence-corrected chi connectivity index (χ0v) is 12.8. The summed E-state index contributed by atoms with van der Waals surface area (Å²) in [6.45, 7) is 5.57. The van der Waals surface area contributed by atoms with Gasteiger partial charge >= 0.3 is 0 Å². The smallest absolute Gasteiger partial charge is 0.0233 e. The second-order valence-electron chi connectivity index (χ2n) is 6.13. The van der Waals surface area contributed by atoms with Crippen molar-refractivity contribution in [2.24, 2.45) is 0 Å². The molecule has 2 rings (SSSR count). The highest BCUT2D eigenvalue weighted by Crippen LogP contribution is 2.20. The Labute approximate surface area is 117 Å². The van der Waals surface area contributed by atoms with E-state index in [9.17, 15) is 0 Å². The van der Waals surface area contributed by atoms with Crippen molar-refractivity contribution in [3.8, 4) is 0 Å². The minimum Gasteiger partial charge on any atom is -0.308 e. The van der Waals surface area contributed by atoms with Gasteiger partial charge in [-0.25, -0.2) is 0 Å². The largest absolute Gasteiger partial charge is 0.308 e. The molecule has 1 aromatic rings. The molecule has 0 atom stereocenters. The van der Waals surface area contributed by atoms with E-state index in [0.29, 0.717) is 0 Å². The summed E-state index contributed by atoms with van der Waals surface area (Å²) in [6.07, 6.45) is 1.20. The quantitative estimate of drug-likeness (QED) is 0.798. The molecule has 1 heterocycles. The number of nitrogens with zero attached hydrogens (tertiary/aromatic N) is 3. The Kier molecular flexibility index (Phi) is 4.97. The number of rotatable bonds is 5. The predicted molar refractivity (Wildman–Crippen MR) is 81.4 cm³/mol. The van der Waals surface area contributed by atoms with Gasteiger partial charge in [-0.2, -0.15) is 0 Å². The Morgan fingerprint density at radius 3 is 2.63 bits per heavy atom. The topological polar surface area (TPSA) is 9.72 Å². The molecule has 1 aromatic carbocycles. The van der Waals surface area contributed by atoms with Crippen LogP contribution in [0.2, 0.25) is 0 Å². The fourth-order valence-corrected chi connectivity index (χ4v) is 2.61. The third-order valence-electron chi connectivity index (χ3n) is 3.86. The number of hydrogen-bond donors (Lipinski definition) is 0. The van der Waals surface area contributed by atoms with Crippen LogP contribution in [-0.4, -0.2) is 62.5 Å². The highest BCUT2D eigenvalue weighted by Gasteiger charge is 2.13. The van der Waals surface area contributed by atoms with Crippen molar-refractivity contribution < 1.29 is 0 Å². The maximum atomic E-state index is 2.40. The highest BCUT2D eigenvalue weighted by atomic mass is 15.1. The third kappa shape index (κ3) is 4.30. The molecule has 0 saturated heterocycles. The Bertz CT molecular complexity index is 414. The van der Waals surface area contributed by atoms with Gasteiger partial charge < -0.3 is 14.7 Å². The van der Waals surface area contributed by atoms with Crippen molar-refractivity contribution in [1.29, 1.82) is 0 Å². The Hall–Kier alpha value is -0.900. The van der Waals surface area contributed by atoms with E-state index in [2.05, 4.69) is 61.1 Å². The normalized spacial score (nSPS) is 16.1. The molecule has 1 aliphatic heterocycles. The van der Waals surface area contributed by atoms with Gasteiger partial charge in [0.05, 0.1) is 0 Å². The molecular weight excluding hydrogens is 234 g/mol. The van der Waals surface area contributed by atoms with Gasteiger partial charge in [0.1, 0.15) is 0 Å². The molecular formula is C16H27N3. The molecule has 1 aliphatic rings. The van der Waals surface area contributed by atoms with E-state index < -0.39 is 0 Å². The van der Waals surface area contributed by atoms with Gasteiger partial charge in [0.25, 0.3) is 0 Å². The molecule has 0 spiro atoms. The summed E-state index contributed by atoms with van der Waals surface area (Å²) in [6, 6.07) is 7.03. The monoisotopic (exact) mass is 261 g/mol. The molecule has 0 saturated carbocycles. The van der Waals surface area contributed by atoms with Crippen LogP contribution in [-0.2, 0) is 19.5 Å². The molecule has 0 radical (unpaired) electrons.